The highest BCUT2D eigenvalue weighted by Gasteiger charge is 2.22. The predicted molar refractivity (Wildman–Crippen MR) is 67.9 cm³/mol. The third-order valence-corrected chi connectivity index (χ3v) is 3.47. The average molecular weight is 268 g/mol. The van der Waals surface area contributed by atoms with Gasteiger partial charge in [0, 0.05) is 23.4 Å². The van der Waals surface area contributed by atoms with Crippen molar-refractivity contribution in [2.45, 2.75) is 6.04 Å². The van der Waals surface area contributed by atoms with Crippen LogP contribution in [0.5, 0.6) is 5.75 Å². The average Bonchev–Trinajstić information content (AvgIpc) is 2.81. The van der Waals surface area contributed by atoms with Crippen LogP contribution in [0.3, 0.4) is 0 Å². The maximum absolute atomic E-state index is 11.8. The summed E-state index contributed by atoms with van der Waals surface area (Å²) in [5, 5.41) is 23.9. The molecule has 1 unspecified atom stereocenters. The number of carbonyl (C=O) groups excluding carboxylic acids is 1. The largest absolute Gasteiger partial charge is 0.507 e. The third kappa shape index (κ3) is 2.74. The molecule has 1 atom stereocenters. The summed E-state index contributed by atoms with van der Waals surface area (Å²) in [5.41, 5.74) is 0.184. The summed E-state index contributed by atoms with van der Waals surface area (Å²) in [4.78, 5) is 22.5. The van der Waals surface area contributed by atoms with Crippen molar-refractivity contribution in [3.05, 3.63) is 23.8 Å². The number of amides is 1. The van der Waals surface area contributed by atoms with E-state index in [4.69, 9.17) is 5.11 Å². The molecular weight excluding hydrogens is 256 g/mol. The summed E-state index contributed by atoms with van der Waals surface area (Å²) in [6.45, 7) is 0. The SMILES string of the molecule is O=C(O)c1ccc(NC(=O)C2CSCN2)cc1O. The zero-order valence-corrected chi connectivity index (χ0v) is 10.2. The Labute approximate surface area is 107 Å². The Morgan fingerprint density at radius 2 is 2.22 bits per heavy atom. The lowest BCUT2D eigenvalue weighted by Gasteiger charge is -2.11. The van der Waals surface area contributed by atoms with Gasteiger partial charge in [0.05, 0.1) is 6.04 Å². The van der Waals surface area contributed by atoms with Crippen molar-refractivity contribution in [3.63, 3.8) is 0 Å². The molecule has 1 fully saturated rings. The number of carbonyl (C=O) groups is 2. The number of carboxylic acid groups (broad SMARTS) is 1. The number of benzene rings is 1. The van der Waals surface area contributed by atoms with Crippen molar-refractivity contribution in [3.8, 4) is 5.75 Å². The van der Waals surface area contributed by atoms with Crippen LogP contribution in [0.4, 0.5) is 5.69 Å². The fourth-order valence-electron chi connectivity index (χ4n) is 1.58. The van der Waals surface area contributed by atoms with E-state index in [1.54, 1.807) is 11.8 Å². The second-order valence-corrected chi connectivity index (χ2v) is 4.83. The van der Waals surface area contributed by atoms with Crippen LogP contribution >= 0.6 is 11.8 Å². The van der Waals surface area contributed by atoms with Crippen LogP contribution in [0.2, 0.25) is 0 Å². The van der Waals surface area contributed by atoms with Gasteiger partial charge in [-0.05, 0) is 12.1 Å². The molecule has 0 spiro atoms. The monoisotopic (exact) mass is 268 g/mol. The van der Waals surface area contributed by atoms with Crippen LogP contribution in [-0.4, -0.2) is 39.8 Å². The second-order valence-electron chi connectivity index (χ2n) is 3.80. The van der Waals surface area contributed by atoms with Crippen molar-refractivity contribution < 1.29 is 19.8 Å². The van der Waals surface area contributed by atoms with Crippen LogP contribution in [0.25, 0.3) is 0 Å². The number of aromatic carboxylic acids is 1. The first-order chi connectivity index (χ1) is 8.58. The summed E-state index contributed by atoms with van der Waals surface area (Å²) < 4.78 is 0. The fourth-order valence-corrected chi connectivity index (χ4v) is 2.53. The van der Waals surface area contributed by atoms with Crippen LogP contribution in [0, 0.1) is 0 Å². The van der Waals surface area contributed by atoms with Crippen LogP contribution in [0.1, 0.15) is 10.4 Å². The van der Waals surface area contributed by atoms with E-state index >= 15 is 0 Å². The summed E-state index contributed by atoms with van der Waals surface area (Å²) >= 11 is 1.63. The number of carboxylic acids is 1. The molecule has 1 saturated heterocycles. The molecule has 1 aliphatic rings. The van der Waals surface area contributed by atoms with Gasteiger partial charge in [0.2, 0.25) is 5.91 Å². The molecule has 1 aliphatic heterocycles. The maximum Gasteiger partial charge on any atom is 0.339 e. The number of nitrogens with one attached hydrogen (secondary N) is 2. The fraction of sp³-hybridized carbons (Fsp3) is 0.273. The minimum atomic E-state index is -1.21. The Morgan fingerprint density at radius 3 is 2.78 bits per heavy atom. The number of aromatic hydroxyl groups is 1. The molecule has 6 nitrogen and oxygen atoms in total. The van der Waals surface area contributed by atoms with Gasteiger partial charge in [-0.25, -0.2) is 4.79 Å². The van der Waals surface area contributed by atoms with Crippen molar-refractivity contribution in [1.29, 1.82) is 0 Å². The molecule has 0 bridgehead atoms. The highest BCUT2D eigenvalue weighted by Crippen LogP contribution is 2.22. The standard InChI is InChI=1S/C11H12N2O4S/c14-9-3-6(1-2-7(9)11(16)17)13-10(15)8-4-18-5-12-8/h1-3,8,12,14H,4-5H2,(H,13,15)(H,16,17). The molecule has 0 radical (unpaired) electrons. The molecule has 18 heavy (non-hydrogen) atoms. The number of rotatable bonds is 3. The zero-order valence-electron chi connectivity index (χ0n) is 9.34. The Bertz CT molecular complexity index is 486. The van der Waals surface area contributed by atoms with Crippen LogP contribution in [-0.2, 0) is 4.79 Å². The Balaban J connectivity index is 2.07. The number of phenols is 1. The summed E-state index contributed by atoms with van der Waals surface area (Å²) in [7, 11) is 0. The Hall–Kier alpha value is -1.73. The normalized spacial score (nSPS) is 18.6. The molecule has 7 heteroatoms. The molecule has 0 aromatic heterocycles. The lowest BCUT2D eigenvalue weighted by molar-refractivity contribution is -0.117. The van der Waals surface area contributed by atoms with Crippen molar-refractivity contribution in [2.75, 3.05) is 16.9 Å². The van der Waals surface area contributed by atoms with Gasteiger partial charge in [-0.3, -0.25) is 10.1 Å². The van der Waals surface area contributed by atoms with Gasteiger partial charge in [0.25, 0.3) is 0 Å². The Kier molecular flexibility index (Phi) is 3.73. The van der Waals surface area contributed by atoms with Crippen molar-refractivity contribution >= 4 is 29.3 Å². The van der Waals surface area contributed by atoms with Gasteiger partial charge in [0.15, 0.2) is 0 Å². The van der Waals surface area contributed by atoms with Crippen LogP contribution < -0.4 is 10.6 Å². The van der Waals surface area contributed by atoms with Gasteiger partial charge >= 0.3 is 5.97 Å². The van der Waals surface area contributed by atoms with Gasteiger partial charge in [-0.1, -0.05) is 0 Å². The second kappa shape index (κ2) is 5.28. The molecule has 1 aromatic carbocycles. The van der Waals surface area contributed by atoms with E-state index in [9.17, 15) is 14.7 Å². The lowest BCUT2D eigenvalue weighted by atomic mass is 10.2. The molecule has 1 aromatic rings. The predicted octanol–water partition coefficient (Wildman–Crippen LogP) is 0.691. The van der Waals surface area contributed by atoms with E-state index in [2.05, 4.69) is 10.6 Å². The molecular formula is C11H12N2O4S. The molecule has 0 saturated carbocycles. The summed E-state index contributed by atoms with van der Waals surface area (Å²) in [6, 6.07) is 3.67. The Morgan fingerprint density at radius 1 is 1.44 bits per heavy atom. The highest BCUT2D eigenvalue weighted by molar-refractivity contribution is 7.99. The quantitative estimate of drug-likeness (QED) is 0.644. The highest BCUT2D eigenvalue weighted by atomic mass is 32.2. The molecule has 2 rings (SSSR count). The van der Waals surface area contributed by atoms with Gasteiger partial charge in [-0.15, -0.1) is 11.8 Å². The number of anilines is 1. The molecule has 1 heterocycles. The first-order valence-electron chi connectivity index (χ1n) is 5.26. The first kappa shape index (κ1) is 12.7. The van der Waals surface area contributed by atoms with Crippen molar-refractivity contribution in [1.82, 2.24) is 5.32 Å². The topological polar surface area (TPSA) is 98.7 Å². The first-order valence-corrected chi connectivity index (χ1v) is 6.41. The van der Waals surface area contributed by atoms with E-state index in [1.165, 1.54) is 18.2 Å². The summed E-state index contributed by atoms with van der Waals surface area (Å²) in [5.74, 6) is -0.331. The molecule has 4 N–H and O–H groups in total. The van der Waals surface area contributed by atoms with E-state index in [1.807, 2.05) is 0 Å². The number of thioether (sulfide) groups is 1. The van der Waals surface area contributed by atoms with Gasteiger partial charge in [0.1, 0.15) is 11.3 Å². The lowest BCUT2D eigenvalue weighted by Crippen LogP contribution is -2.37. The number of hydrogen-bond acceptors (Lipinski definition) is 5. The molecule has 0 aliphatic carbocycles. The third-order valence-electron chi connectivity index (χ3n) is 2.53. The van der Waals surface area contributed by atoms with E-state index < -0.39 is 5.97 Å². The molecule has 96 valence electrons. The minimum Gasteiger partial charge on any atom is -0.507 e. The van der Waals surface area contributed by atoms with E-state index in [-0.39, 0.29) is 23.3 Å². The van der Waals surface area contributed by atoms with Gasteiger partial charge < -0.3 is 15.5 Å². The van der Waals surface area contributed by atoms with Gasteiger partial charge in [-0.2, -0.15) is 0 Å². The number of hydrogen-bond donors (Lipinski definition) is 4. The zero-order chi connectivity index (χ0) is 13.1. The van der Waals surface area contributed by atoms with Crippen molar-refractivity contribution in [2.24, 2.45) is 0 Å². The van der Waals surface area contributed by atoms with E-state index in [0.717, 1.165) is 5.88 Å². The smallest absolute Gasteiger partial charge is 0.339 e. The van der Waals surface area contributed by atoms with Crippen LogP contribution in [0.15, 0.2) is 18.2 Å². The summed E-state index contributed by atoms with van der Waals surface area (Å²) in [6.07, 6.45) is 0. The van der Waals surface area contributed by atoms with E-state index in [0.29, 0.717) is 11.4 Å². The minimum absolute atomic E-state index is 0.192. The molecule has 1 amide bonds. The maximum atomic E-state index is 11.8.